The molecule has 2 rings (SSSR count). The van der Waals surface area contributed by atoms with Gasteiger partial charge in [-0.2, -0.15) is 0 Å². The molecule has 1 heterocycles. The quantitative estimate of drug-likeness (QED) is 0.719. The minimum absolute atomic E-state index is 0.811. The van der Waals surface area contributed by atoms with Gasteiger partial charge in [-0.25, -0.2) is 0 Å². The number of benzene rings is 1. The van der Waals surface area contributed by atoms with Gasteiger partial charge in [0.05, 0.1) is 0 Å². The number of rotatable bonds is 2. The monoisotopic (exact) mass is 227 g/mol. The van der Waals surface area contributed by atoms with Crippen LogP contribution in [0.1, 0.15) is 32.9 Å². The Bertz CT molecular complexity index is 579. The van der Waals surface area contributed by atoms with E-state index >= 15 is 0 Å². The summed E-state index contributed by atoms with van der Waals surface area (Å²) < 4.78 is 2.16. The minimum atomic E-state index is 0.811. The molecule has 0 bridgehead atoms. The molecule has 0 unspecified atom stereocenters. The van der Waals surface area contributed by atoms with Crippen molar-refractivity contribution in [2.75, 3.05) is 0 Å². The zero-order valence-corrected chi connectivity index (χ0v) is 10.7. The maximum atomic E-state index is 11.1. The summed E-state index contributed by atoms with van der Waals surface area (Å²) in [5.41, 5.74) is 6.40. The molecule has 2 aromatic rings. The second-order valence-corrected chi connectivity index (χ2v) is 4.45. The molecule has 1 aromatic carbocycles. The van der Waals surface area contributed by atoms with Crippen LogP contribution in [-0.2, 0) is 0 Å². The van der Waals surface area contributed by atoms with Gasteiger partial charge in [0.2, 0.25) is 0 Å². The van der Waals surface area contributed by atoms with Crippen molar-refractivity contribution in [1.29, 1.82) is 0 Å². The van der Waals surface area contributed by atoms with E-state index in [4.69, 9.17) is 0 Å². The van der Waals surface area contributed by atoms with Crippen LogP contribution in [0.4, 0.5) is 0 Å². The third kappa shape index (κ3) is 1.70. The highest BCUT2D eigenvalue weighted by Gasteiger charge is 2.15. The lowest BCUT2D eigenvalue weighted by Crippen LogP contribution is -2.01. The summed E-state index contributed by atoms with van der Waals surface area (Å²) in [7, 11) is 0. The van der Waals surface area contributed by atoms with Gasteiger partial charge in [0, 0.05) is 22.6 Å². The Kier molecular flexibility index (Phi) is 2.88. The average Bonchev–Trinajstić information content (AvgIpc) is 2.52. The molecule has 1 aromatic heterocycles. The number of hydrogen-bond donors (Lipinski definition) is 0. The van der Waals surface area contributed by atoms with Crippen LogP contribution < -0.4 is 0 Å². The van der Waals surface area contributed by atoms with Crippen molar-refractivity contribution in [1.82, 2.24) is 4.57 Å². The van der Waals surface area contributed by atoms with Crippen LogP contribution in [0.5, 0.6) is 0 Å². The first-order valence-corrected chi connectivity index (χ1v) is 5.77. The normalized spacial score (nSPS) is 10.6. The molecule has 0 saturated carbocycles. The van der Waals surface area contributed by atoms with Crippen molar-refractivity contribution in [3.8, 4) is 5.69 Å². The van der Waals surface area contributed by atoms with Crippen molar-refractivity contribution in [3.05, 3.63) is 52.3 Å². The van der Waals surface area contributed by atoms with Gasteiger partial charge in [-0.3, -0.25) is 4.79 Å². The van der Waals surface area contributed by atoms with Gasteiger partial charge >= 0.3 is 0 Å². The standard InChI is InChI=1S/C15H17NO/c1-10-7-5-6-8-15(10)16-12(3)11(2)14(9-17)13(16)4/h5-9H,1-4H3. The molecular formula is C15H17NO. The molecule has 0 fully saturated rings. The first kappa shape index (κ1) is 11.6. The van der Waals surface area contributed by atoms with Crippen molar-refractivity contribution in [3.63, 3.8) is 0 Å². The number of para-hydroxylation sites is 1. The lowest BCUT2D eigenvalue weighted by atomic mass is 10.1. The van der Waals surface area contributed by atoms with E-state index in [0.29, 0.717) is 0 Å². The molecule has 2 nitrogen and oxygen atoms in total. The van der Waals surface area contributed by atoms with Gasteiger partial charge < -0.3 is 4.57 Å². The van der Waals surface area contributed by atoms with E-state index in [1.807, 2.05) is 26.0 Å². The van der Waals surface area contributed by atoms with Crippen molar-refractivity contribution in [2.24, 2.45) is 0 Å². The molecule has 17 heavy (non-hydrogen) atoms. The summed E-state index contributed by atoms with van der Waals surface area (Å²) in [6.07, 6.45) is 0.951. The van der Waals surface area contributed by atoms with Crippen LogP contribution in [0.3, 0.4) is 0 Å². The van der Waals surface area contributed by atoms with Crippen LogP contribution in [0.2, 0.25) is 0 Å². The Hall–Kier alpha value is -1.83. The predicted octanol–water partition coefficient (Wildman–Crippen LogP) is 3.52. The predicted molar refractivity (Wildman–Crippen MR) is 70.1 cm³/mol. The highest BCUT2D eigenvalue weighted by molar-refractivity contribution is 5.80. The molecule has 0 N–H and O–H groups in total. The molecule has 0 atom stereocenters. The van der Waals surface area contributed by atoms with E-state index in [2.05, 4.69) is 30.5 Å². The van der Waals surface area contributed by atoms with Gasteiger partial charge in [0.1, 0.15) is 0 Å². The van der Waals surface area contributed by atoms with E-state index in [1.54, 1.807) is 0 Å². The molecule has 0 aliphatic rings. The van der Waals surface area contributed by atoms with E-state index < -0.39 is 0 Å². The average molecular weight is 227 g/mol. The van der Waals surface area contributed by atoms with E-state index in [0.717, 1.165) is 34.5 Å². The van der Waals surface area contributed by atoms with Crippen LogP contribution in [0, 0.1) is 27.7 Å². The fourth-order valence-corrected chi connectivity index (χ4v) is 2.36. The Balaban J connectivity index is 2.77. The van der Waals surface area contributed by atoms with Gasteiger partial charge in [-0.15, -0.1) is 0 Å². The summed E-state index contributed by atoms with van der Waals surface area (Å²) in [6, 6.07) is 8.23. The zero-order chi connectivity index (χ0) is 12.6. The third-order valence-corrected chi connectivity index (χ3v) is 3.48. The van der Waals surface area contributed by atoms with Gasteiger partial charge in [0.15, 0.2) is 6.29 Å². The topological polar surface area (TPSA) is 22.0 Å². The van der Waals surface area contributed by atoms with Crippen LogP contribution in [0.15, 0.2) is 24.3 Å². The van der Waals surface area contributed by atoms with Crippen molar-refractivity contribution >= 4 is 6.29 Å². The highest BCUT2D eigenvalue weighted by Crippen LogP contribution is 2.25. The Morgan fingerprint density at radius 1 is 1.00 bits per heavy atom. The highest BCUT2D eigenvalue weighted by atomic mass is 16.1. The maximum Gasteiger partial charge on any atom is 0.152 e. The summed E-state index contributed by atoms with van der Waals surface area (Å²) >= 11 is 0. The number of aldehydes is 1. The molecule has 0 amide bonds. The van der Waals surface area contributed by atoms with Crippen LogP contribution in [-0.4, -0.2) is 10.9 Å². The number of carbonyl (C=O) groups excluding carboxylic acids is 1. The summed E-state index contributed by atoms with van der Waals surface area (Å²) in [6.45, 7) is 8.14. The van der Waals surface area contributed by atoms with Crippen molar-refractivity contribution in [2.45, 2.75) is 27.7 Å². The molecule has 2 heteroatoms. The Labute approximate surface area is 102 Å². The van der Waals surface area contributed by atoms with Crippen LogP contribution in [0.25, 0.3) is 5.69 Å². The van der Waals surface area contributed by atoms with Crippen molar-refractivity contribution < 1.29 is 4.79 Å². The van der Waals surface area contributed by atoms with Crippen LogP contribution >= 0.6 is 0 Å². The second kappa shape index (κ2) is 4.21. The molecule has 0 radical (unpaired) electrons. The smallest absolute Gasteiger partial charge is 0.152 e. The number of hydrogen-bond acceptors (Lipinski definition) is 1. The van der Waals surface area contributed by atoms with E-state index in [-0.39, 0.29) is 0 Å². The fourth-order valence-electron chi connectivity index (χ4n) is 2.36. The molecule has 0 aliphatic heterocycles. The summed E-state index contributed by atoms with van der Waals surface area (Å²) in [5, 5.41) is 0. The molecule has 0 aliphatic carbocycles. The summed E-state index contributed by atoms with van der Waals surface area (Å²) in [4.78, 5) is 11.1. The molecule has 88 valence electrons. The first-order chi connectivity index (χ1) is 8.07. The maximum absolute atomic E-state index is 11.1. The number of aryl methyl sites for hydroxylation is 1. The second-order valence-electron chi connectivity index (χ2n) is 4.45. The Morgan fingerprint density at radius 2 is 1.65 bits per heavy atom. The minimum Gasteiger partial charge on any atom is -0.317 e. The van der Waals surface area contributed by atoms with E-state index in [1.165, 1.54) is 5.56 Å². The largest absolute Gasteiger partial charge is 0.317 e. The fraction of sp³-hybridized carbons (Fsp3) is 0.267. The van der Waals surface area contributed by atoms with E-state index in [9.17, 15) is 4.79 Å². The molecule has 0 saturated heterocycles. The lowest BCUT2D eigenvalue weighted by Gasteiger charge is -2.12. The third-order valence-electron chi connectivity index (χ3n) is 3.48. The molecular weight excluding hydrogens is 210 g/mol. The summed E-state index contributed by atoms with van der Waals surface area (Å²) in [5.74, 6) is 0. The lowest BCUT2D eigenvalue weighted by molar-refractivity contribution is 0.112. The number of nitrogens with zero attached hydrogens (tertiary/aromatic N) is 1. The zero-order valence-electron chi connectivity index (χ0n) is 10.7. The molecule has 0 spiro atoms. The van der Waals surface area contributed by atoms with Gasteiger partial charge in [-0.05, 0) is 44.9 Å². The number of carbonyl (C=O) groups is 1. The van der Waals surface area contributed by atoms with Gasteiger partial charge in [-0.1, -0.05) is 18.2 Å². The Morgan fingerprint density at radius 3 is 2.18 bits per heavy atom. The number of aromatic nitrogens is 1. The SMILES string of the molecule is Cc1ccccc1-n1c(C)c(C)c(C=O)c1C. The first-order valence-electron chi connectivity index (χ1n) is 5.77. The van der Waals surface area contributed by atoms with Gasteiger partial charge in [0.25, 0.3) is 0 Å².